The number of rotatable bonds is 2. The molecule has 1 amide bonds. The first kappa shape index (κ1) is 12.9. The molecule has 20 heavy (non-hydrogen) atoms. The van der Waals surface area contributed by atoms with E-state index in [4.69, 9.17) is 5.11 Å². The number of nitrogens with zero attached hydrogens (tertiary/aromatic N) is 1. The maximum absolute atomic E-state index is 10.6. The van der Waals surface area contributed by atoms with Gasteiger partial charge in [-0.15, -0.1) is 0 Å². The predicted molar refractivity (Wildman–Crippen MR) is 78.7 cm³/mol. The number of carbonyl (C=O) groups is 1. The molecule has 0 spiro atoms. The summed E-state index contributed by atoms with van der Waals surface area (Å²) in [4.78, 5) is 10.6. The SMILES string of the molecule is O=C(O)NN1CCC(c2cccc3ccccc23)CC1. The Hall–Kier alpha value is -2.07. The van der Waals surface area contributed by atoms with Crippen molar-refractivity contribution in [3.63, 3.8) is 0 Å². The third-order valence-electron chi connectivity index (χ3n) is 4.01. The summed E-state index contributed by atoms with van der Waals surface area (Å²) < 4.78 is 0. The summed E-state index contributed by atoms with van der Waals surface area (Å²) in [6, 6.07) is 14.9. The summed E-state index contributed by atoms with van der Waals surface area (Å²) in [5.74, 6) is 0.507. The molecule has 1 aliphatic heterocycles. The van der Waals surface area contributed by atoms with Crippen LogP contribution in [0.1, 0.15) is 24.3 Å². The maximum Gasteiger partial charge on any atom is 0.419 e. The van der Waals surface area contributed by atoms with E-state index in [9.17, 15) is 4.79 Å². The average molecular weight is 270 g/mol. The molecule has 0 aromatic heterocycles. The van der Waals surface area contributed by atoms with Crippen LogP contribution in [0.3, 0.4) is 0 Å². The number of carboxylic acid groups (broad SMARTS) is 1. The molecule has 0 bridgehead atoms. The fraction of sp³-hybridized carbons (Fsp3) is 0.312. The summed E-state index contributed by atoms with van der Waals surface area (Å²) in [6.07, 6.45) is 0.983. The van der Waals surface area contributed by atoms with Gasteiger partial charge in [0, 0.05) is 13.1 Å². The molecule has 2 aromatic carbocycles. The number of nitrogens with one attached hydrogen (secondary N) is 1. The molecular formula is C16H18N2O2. The Morgan fingerprint density at radius 2 is 1.80 bits per heavy atom. The Balaban J connectivity index is 1.78. The van der Waals surface area contributed by atoms with E-state index >= 15 is 0 Å². The molecule has 104 valence electrons. The number of fused-ring (bicyclic) bond motifs is 1. The lowest BCUT2D eigenvalue weighted by molar-refractivity contribution is 0.119. The topological polar surface area (TPSA) is 52.6 Å². The van der Waals surface area contributed by atoms with Crippen molar-refractivity contribution in [2.24, 2.45) is 0 Å². The van der Waals surface area contributed by atoms with Crippen LogP contribution < -0.4 is 5.43 Å². The van der Waals surface area contributed by atoms with Crippen molar-refractivity contribution in [3.8, 4) is 0 Å². The summed E-state index contributed by atoms with van der Waals surface area (Å²) >= 11 is 0. The van der Waals surface area contributed by atoms with E-state index in [-0.39, 0.29) is 0 Å². The third-order valence-corrected chi connectivity index (χ3v) is 4.01. The van der Waals surface area contributed by atoms with Gasteiger partial charge in [-0.3, -0.25) is 5.43 Å². The molecule has 0 atom stereocenters. The van der Waals surface area contributed by atoms with Crippen LogP contribution in [0.25, 0.3) is 10.8 Å². The van der Waals surface area contributed by atoms with Crippen molar-refractivity contribution in [3.05, 3.63) is 48.0 Å². The minimum Gasteiger partial charge on any atom is -0.464 e. The summed E-state index contributed by atoms with van der Waals surface area (Å²) in [7, 11) is 0. The van der Waals surface area contributed by atoms with Crippen LogP contribution in [-0.4, -0.2) is 29.3 Å². The van der Waals surface area contributed by atoms with Gasteiger partial charge >= 0.3 is 6.09 Å². The van der Waals surface area contributed by atoms with Crippen LogP contribution in [-0.2, 0) is 0 Å². The van der Waals surface area contributed by atoms with E-state index in [1.807, 2.05) is 0 Å². The van der Waals surface area contributed by atoms with E-state index in [2.05, 4.69) is 47.9 Å². The molecule has 2 aromatic rings. The number of piperidine rings is 1. The molecule has 0 aliphatic carbocycles. The van der Waals surface area contributed by atoms with E-state index in [0.717, 1.165) is 25.9 Å². The lowest BCUT2D eigenvalue weighted by Crippen LogP contribution is -2.45. The molecule has 0 unspecified atom stereocenters. The van der Waals surface area contributed by atoms with Crippen molar-refractivity contribution >= 4 is 16.9 Å². The van der Waals surface area contributed by atoms with Crippen molar-refractivity contribution in [2.45, 2.75) is 18.8 Å². The average Bonchev–Trinajstić information content (AvgIpc) is 2.47. The predicted octanol–water partition coefficient (Wildman–Crippen LogP) is 3.20. The zero-order valence-electron chi connectivity index (χ0n) is 11.2. The summed E-state index contributed by atoms with van der Waals surface area (Å²) in [5.41, 5.74) is 3.83. The standard InChI is InChI=1S/C16H18N2O2/c19-16(20)17-18-10-8-13(9-11-18)15-7-3-5-12-4-1-2-6-14(12)15/h1-7,13,17H,8-11H2,(H,19,20). The Bertz CT molecular complexity index is 613. The first-order valence-corrected chi connectivity index (χ1v) is 6.96. The monoisotopic (exact) mass is 270 g/mol. The van der Waals surface area contributed by atoms with Gasteiger partial charge in [-0.05, 0) is 35.1 Å². The Morgan fingerprint density at radius 1 is 1.10 bits per heavy atom. The van der Waals surface area contributed by atoms with Gasteiger partial charge in [0.15, 0.2) is 0 Å². The molecule has 3 rings (SSSR count). The highest BCUT2D eigenvalue weighted by Crippen LogP contribution is 2.32. The van der Waals surface area contributed by atoms with Crippen molar-refractivity contribution in [1.29, 1.82) is 0 Å². The van der Waals surface area contributed by atoms with Gasteiger partial charge in [-0.1, -0.05) is 42.5 Å². The van der Waals surface area contributed by atoms with Crippen LogP contribution in [0.15, 0.2) is 42.5 Å². The lowest BCUT2D eigenvalue weighted by Gasteiger charge is -2.31. The summed E-state index contributed by atoms with van der Waals surface area (Å²) in [6.45, 7) is 1.53. The van der Waals surface area contributed by atoms with Crippen LogP contribution >= 0.6 is 0 Å². The fourth-order valence-electron chi connectivity index (χ4n) is 3.04. The Labute approximate surface area is 118 Å². The highest BCUT2D eigenvalue weighted by molar-refractivity contribution is 5.86. The number of hydrazine groups is 1. The van der Waals surface area contributed by atoms with Gasteiger partial charge in [0.25, 0.3) is 0 Å². The van der Waals surface area contributed by atoms with Gasteiger partial charge < -0.3 is 5.11 Å². The fourth-order valence-corrected chi connectivity index (χ4v) is 3.04. The molecule has 1 heterocycles. The van der Waals surface area contributed by atoms with Crippen LogP contribution in [0, 0.1) is 0 Å². The zero-order valence-corrected chi connectivity index (χ0v) is 11.2. The third kappa shape index (κ3) is 2.60. The zero-order chi connectivity index (χ0) is 13.9. The second-order valence-corrected chi connectivity index (χ2v) is 5.25. The second kappa shape index (κ2) is 5.51. The van der Waals surface area contributed by atoms with Crippen LogP contribution in [0.2, 0.25) is 0 Å². The van der Waals surface area contributed by atoms with Crippen molar-refractivity contribution in [2.75, 3.05) is 13.1 Å². The van der Waals surface area contributed by atoms with E-state index < -0.39 is 6.09 Å². The van der Waals surface area contributed by atoms with Gasteiger partial charge in [-0.2, -0.15) is 0 Å². The molecular weight excluding hydrogens is 252 g/mol. The summed E-state index contributed by atoms with van der Waals surface area (Å²) in [5, 5.41) is 13.1. The van der Waals surface area contributed by atoms with Crippen molar-refractivity contribution < 1.29 is 9.90 Å². The van der Waals surface area contributed by atoms with Crippen LogP contribution in [0.4, 0.5) is 4.79 Å². The van der Waals surface area contributed by atoms with Gasteiger partial charge in [0.1, 0.15) is 0 Å². The molecule has 4 heteroatoms. The van der Waals surface area contributed by atoms with Crippen LogP contribution in [0.5, 0.6) is 0 Å². The molecule has 2 N–H and O–H groups in total. The second-order valence-electron chi connectivity index (χ2n) is 5.25. The normalized spacial score (nSPS) is 17.2. The molecule has 0 radical (unpaired) electrons. The van der Waals surface area contributed by atoms with E-state index in [1.165, 1.54) is 16.3 Å². The van der Waals surface area contributed by atoms with Crippen molar-refractivity contribution in [1.82, 2.24) is 10.4 Å². The molecule has 1 aliphatic rings. The first-order valence-electron chi connectivity index (χ1n) is 6.96. The minimum absolute atomic E-state index is 0.507. The highest BCUT2D eigenvalue weighted by atomic mass is 16.4. The largest absolute Gasteiger partial charge is 0.464 e. The number of benzene rings is 2. The van der Waals surface area contributed by atoms with Gasteiger partial charge in [0.2, 0.25) is 0 Å². The minimum atomic E-state index is -0.978. The Kier molecular flexibility index (Phi) is 3.56. The number of amides is 1. The quantitative estimate of drug-likeness (QED) is 0.881. The Morgan fingerprint density at radius 3 is 2.55 bits per heavy atom. The molecule has 1 saturated heterocycles. The maximum atomic E-state index is 10.6. The smallest absolute Gasteiger partial charge is 0.419 e. The lowest BCUT2D eigenvalue weighted by atomic mass is 9.87. The first-order chi connectivity index (χ1) is 9.74. The number of hydrogen-bond donors (Lipinski definition) is 2. The van der Waals surface area contributed by atoms with E-state index in [1.54, 1.807) is 5.01 Å². The highest BCUT2D eigenvalue weighted by Gasteiger charge is 2.22. The van der Waals surface area contributed by atoms with Gasteiger partial charge in [-0.25, -0.2) is 9.80 Å². The molecule has 4 nitrogen and oxygen atoms in total. The van der Waals surface area contributed by atoms with Gasteiger partial charge in [0.05, 0.1) is 0 Å². The molecule has 0 saturated carbocycles. The van der Waals surface area contributed by atoms with E-state index in [0.29, 0.717) is 5.92 Å². The number of hydrogen-bond acceptors (Lipinski definition) is 2. The molecule has 1 fully saturated rings.